The van der Waals surface area contributed by atoms with Crippen molar-refractivity contribution in [1.82, 2.24) is 6.15 Å². The summed E-state index contributed by atoms with van der Waals surface area (Å²) >= 11 is 0. The van der Waals surface area contributed by atoms with Crippen molar-refractivity contribution in [2.75, 3.05) is 0 Å². The Bertz CT molecular complexity index is 218. The van der Waals surface area contributed by atoms with Crippen LogP contribution < -0.4 is 6.15 Å². The van der Waals surface area contributed by atoms with Crippen LogP contribution in [0, 0.1) is 0 Å². The zero-order valence-electron chi connectivity index (χ0n) is 11.4. The molecule has 0 rings (SSSR count). The van der Waals surface area contributed by atoms with Gasteiger partial charge in [0.15, 0.2) is 0 Å². The van der Waals surface area contributed by atoms with Crippen LogP contribution in [0.2, 0.25) is 0 Å². The van der Waals surface area contributed by atoms with E-state index in [2.05, 4.69) is 0 Å². The molecule has 0 saturated carbocycles. The van der Waals surface area contributed by atoms with Gasteiger partial charge >= 0.3 is 0 Å². The van der Waals surface area contributed by atoms with Gasteiger partial charge in [-0.2, -0.15) is 0 Å². The van der Waals surface area contributed by atoms with Crippen molar-refractivity contribution in [1.29, 1.82) is 0 Å². The van der Waals surface area contributed by atoms with Crippen molar-refractivity contribution < 1.29 is 118 Å². The first-order chi connectivity index (χ1) is 4.00. The van der Waals surface area contributed by atoms with Crippen LogP contribution in [0.5, 0.6) is 0 Å². The molecule has 0 aliphatic heterocycles. The molecule has 0 amide bonds. The molecule has 0 aliphatic carbocycles. The minimum atomic E-state index is -5.17. The van der Waals surface area contributed by atoms with Gasteiger partial charge in [-0.3, -0.25) is 16.8 Å². The summed E-state index contributed by atoms with van der Waals surface area (Å²) in [6, 6.07) is 0. The number of hydrogen-bond acceptors (Lipinski definition) is 8. The van der Waals surface area contributed by atoms with E-state index in [1.807, 2.05) is 0 Å². The SMILES string of the molecule is O.O.O.O.O.O.O.O.O.O.O.O.O=S(=O)([O-])[O-].O=S(=O)([O-])[O-].[Fe].[NH4+]. The molecule has 0 bridgehead atoms. The zero-order chi connectivity index (χ0) is 9.00. The number of hydrogen-bond donors (Lipinski definition) is 1. The van der Waals surface area contributed by atoms with Crippen molar-refractivity contribution in [3.8, 4) is 0 Å². The van der Waals surface area contributed by atoms with Crippen molar-refractivity contribution in [3.63, 3.8) is 0 Å². The van der Waals surface area contributed by atoms with Crippen LogP contribution in [0.4, 0.5) is 0 Å². The van der Waals surface area contributed by atoms with E-state index in [0.717, 1.165) is 0 Å². The van der Waals surface area contributed by atoms with Gasteiger partial charge in [0.25, 0.3) is 0 Å². The Hall–Kier alpha value is -0.261. The molecule has 0 atom stereocenters. The molecular weight excluding hydrogens is 454 g/mol. The van der Waals surface area contributed by atoms with Crippen LogP contribution in [-0.2, 0) is 37.9 Å². The summed E-state index contributed by atoms with van der Waals surface area (Å²) in [6.45, 7) is 0. The van der Waals surface area contributed by atoms with Gasteiger partial charge in [-0.1, -0.05) is 0 Å². The molecule has 0 radical (unpaired) electrons. The van der Waals surface area contributed by atoms with Crippen LogP contribution in [0.25, 0.3) is 0 Å². The third kappa shape index (κ3) is 138000. The average molecular weight is 482 g/mol. The van der Waals surface area contributed by atoms with E-state index in [1.54, 1.807) is 0 Å². The van der Waals surface area contributed by atoms with Crippen molar-refractivity contribution in [3.05, 3.63) is 0 Å². The first kappa shape index (κ1) is 205. The molecule has 0 aromatic carbocycles. The Morgan fingerprint density at radius 1 is 0.375 bits per heavy atom. The Kier molecular flexibility index (Phi) is 666. The van der Waals surface area contributed by atoms with E-state index in [1.165, 1.54) is 0 Å². The topological polar surface area (TPSA) is 575 Å². The summed E-state index contributed by atoms with van der Waals surface area (Å²) in [4.78, 5) is 0. The second-order valence-corrected chi connectivity index (χ2v) is 2.45. The Labute approximate surface area is 145 Å². The molecule has 0 aromatic heterocycles. The minimum absolute atomic E-state index is 0. The summed E-state index contributed by atoms with van der Waals surface area (Å²) in [6.07, 6.45) is 0. The fraction of sp³-hybridized carbons (Fsp3) is 0. The van der Waals surface area contributed by atoms with Gasteiger partial charge in [0.2, 0.25) is 0 Å². The number of quaternary nitrogens is 1. The Morgan fingerprint density at radius 3 is 0.375 bits per heavy atom. The van der Waals surface area contributed by atoms with Gasteiger partial charge in [-0.15, -0.1) is 0 Å². The summed E-state index contributed by atoms with van der Waals surface area (Å²) in [7, 11) is -10.3. The fourth-order valence-electron chi connectivity index (χ4n) is 0. The molecule has 24 heavy (non-hydrogen) atoms. The predicted octanol–water partition coefficient (Wildman–Crippen LogP) is -12.2. The number of rotatable bonds is 0. The van der Waals surface area contributed by atoms with Gasteiger partial charge in [0, 0.05) is 37.9 Å². The molecule has 0 unspecified atom stereocenters. The Balaban J connectivity index is -0.00000000241. The molecule has 0 aromatic rings. The molecule has 0 saturated heterocycles. The summed E-state index contributed by atoms with van der Waals surface area (Å²) in [5.41, 5.74) is 0. The fourth-order valence-corrected chi connectivity index (χ4v) is 0. The maximum absolute atomic E-state index is 8.52. The van der Waals surface area contributed by atoms with Gasteiger partial charge in [0.1, 0.15) is 0 Å². The molecule has 0 aliphatic rings. The van der Waals surface area contributed by atoms with E-state index in [0.29, 0.717) is 0 Å². The van der Waals surface area contributed by atoms with Crippen LogP contribution in [0.1, 0.15) is 0 Å². The largest absolute Gasteiger partial charge is 0.759 e. The van der Waals surface area contributed by atoms with Crippen molar-refractivity contribution >= 4 is 20.8 Å². The Morgan fingerprint density at radius 2 is 0.375 bits per heavy atom. The summed E-state index contributed by atoms with van der Waals surface area (Å²) < 4.78 is 68.2. The van der Waals surface area contributed by atoms with E-state index in [-0.39, 0.29) is 88.9 Å². The smallest absolute Gasteiger partial charge is 0.0311 e. The molecule has 21 nitrogen and oxygen atoms in total. The second kappa shape index (κ2) is 78.0. The molecule has 0 fully saturated rings. The van der Waals surface area contributed by atoms with Crippen LogP contribution in [0.15, 0.2) is 0 Å². The first-order valence-corrected chi connectivity index (χ1v) is 4.00. The molecule has 176 valence electrons. The zero-order valence-corrected chi connectivity index (χ0v) is 14.2. The summed E-state index contributed by atoms with van der Waals surface area (Å²) in [5.74, 6) is 0. The van der Waals surface area contributed by atoms with Crippen LogP contribution in [0.3, 0.4) is 0 Å². The van der Waals surface area contributed by atoms with E-state index >= 15 is 0 Å². The summed E-state index contributed by atoms with van der Waals surface area (Å²) in [5, 5.41) is 0. The first-order valence-electron chi connectivity index (χ1n) is 1.33. The van der Waals surface area contributed by atoms with E-state index < -0.39 is 20.8 Å². The minimum Gasteiger partial charge on any atom is -0.759 e. The van der Waals surface area contributed by atoms with Gasteiger partial charge in [-0.05, 0) is 0 Å². The molecule has 0 spiro atoms. The van der Waals surface area contributed by atoms with Crippen molar-refractivity contribution in [2.24, 2.45) is 0 Å². The van der Waals surface area contributed by atoms with Gasteiger partial charge < -0.3 is 90.1 Å². The van der Waals surface area contributed by atoms with Crippen LogP contribution >= 0.6 is 0 Å². The standard InChI is InChI=1S/Fe.H3N.2H2O4S.12H2O/c;;2*1-5(2,3)4;;;;;;;;;;;;/h;1H3;2*(H2,1,2,3,4);12*1H2/p-3. The normalized spacial score (nSPS) is 4.83. The molecule has 28 N–H and O–H groups in total. The van der Waals surface area contributed by atoms with E-state index in [4.69, 9.17) is 35.0 Å². The monoisotopic (exact) mass is 482 g/mol. The molecular formula is H28FeNO20S2-3. The molecule has 24 heteroatoms. The quantitative estimate of drug-likeness (QED) is 0.195. The third-order valence-electron chi connectivity index (χ3n) is 0. The average Bonchev–Trinajstić information content (AvgIpc) is 1.12. The second-order valence-electron chi connectivity index (χ2n) is 0.816. The van der Waals surface area contributed by atoms with Crippen LogP contribution in [-0.4, -0.2) is 101 Å². The maximum Gasteiger partial charge on any atom is 0.0311 e. The van der Waals surface area contributed by atoms with Gasteiger partial charge in [-0.25, -0.2) is 0 Å². The maximum atomic E-state index is 8.52. The van der Waals surface area contributed by atoms with Gasteiger partial charge in [0.05, 0.1) is 0 Å². The van der Waals surface area contributed by atoms with E-state index in [9.17, 15) is 0 Å². The third-order valence-corrected chi connectivity index (χ3v) is 0. The molecule has 0 heterocycles. The predicted molar refractivity (Wildman–Crippen MR) is 70.3 cm³/mol. The van der Waals surface area contributed by atoms with Crippen molar-refractivity contribution in [2.45, 2.75) is 0 Å².